The van der Waals surface area contributed by atoms with Gasteiger partial charge in [-0.3, -0.25) is 4.79 Å². The second-order valence-electron chi connectivity index (χ2n) is 3.70. The molecule has 86 valence electrons. The summed E-state index contributed by atoms with van der Waals surface area (Å²) in [5.41, 5.74) is 1.81. The summed E-state index contributed by atoms with van der Waals surface area (Å²) in [7, 11) is 0. The molecule has 0 atom stereocenters. The number of ether oxygens (including phenoxy) is 2. The average Bonchev–Trinajstić information content (AvgIpc) is 2.28. The van der Waals surface area contributed by atoms with Crippen molar-refractivity contribution >= 4 is 11.6 Å². The summed E-state index contributed by atoms with van der Waals surface area (Å²) in [5.74, 6) is 1.25. The van der Waals surface area contributed by atoms with E-state index in [1.54, 1.807) is 0 Å². The van der Waals surface area contributed by atoms with Crippen molar-refractivity contribution in [3.05, 3.63) is 17.7 Å². The van der Waals surface area contributed by atoms with Gasteiger partial charge < -0.3 is 14.8 Å². The topological polar surface area (TPSA) is 47.6 Å². The fourth-order valence-corrected chi connectivity index (χ4v) is 1.70. The smallest absolute Gasteiger partial charge is 0.221 e. The van der Waals surface area contributed by atoms with Crippen molar-refractivity contribution in [2.24, 2.45) is 0 Å². The van der Waals surface area contributed by atoms with Crippen LogP contribution in [0.25, 0.3) is 0 Å². The van der Waals surface area contributed by atoms with Crippen molar-refractivity contribution in [1.82, 2.24) is 0 Å². The first-order chi connectivity index (χ1) is 7.70. The largest absolute Gasteiger partial charge is 0.486 e. The van der Waals surface area contributed by atoms with E-state index in [0.29, 0.717) is 30.4 Å². The Labute approximate surface area is 94.6 Å². The third-order valence-corrected chi connectivity index (χ3v) is 2.42. The number of hydrogen-bond acceptors (Lipinski definition) is 3. The molecule has 1 N–H and O–H groups in total. The third kappa shape index (κ3) is 2.10. The summed E-state index contributed by atoms with van der Waals surface area (Å²) >= 11 is 0. The number of hydrogen-bond donors (Lipinski definition) is 1. The number of carbonyl (C=O) groups excluding carboxylic acids is 1. The molecule has 0 fully saturated rings. The van der Waals surface area contributed by atoms with Gasteiger partial charge in [0.1, 0.15) is 13.2 Å². The monoisotopic (exact) mass is 221 g/mol. The van der Waals surface area contributed by atoms with Crippen LogP contribution in [0.1, 0.15) is 19.4 Å². The summed E-state index contributed by atoms with van der Waals surface area (Å²) in [4.78, 5) is 11.1. The minimum atomic E-state index is -0.107. The van der Waals surface area contributed by atoms with Crippen LogP contribution in [0, 0.1) is 0 Å². The molecule has 1 amide bonds. The molecule has 1 aliphatic heterocycles. The summed E-state index contributed by atoms with van der Waals surface area (Å²) in [6.45, 7) is 4.61. The van der Waals surface area contributed by atoms with Crippen molar-refractivity contribution in [2.75, 3.05) is 18.5 Å². The highest BCUT2D eigenvalue weighted by molar-refractivity contribution is 5.91. The molecule has 0 aromatic heterocycles. The maximum absolute atomic E-state index is 11.1. The molecule has 0 bridgehead atoms. The van der Waals surface area contributed by atoms with Gasteiger partial charge in [-0.05, 0) is 24.1 Å². The minimum absolute atomic E-state index is 0.107. The predicted molar refractivity (Wildman–Crippen MR) is 61.1 cm³/mol. The van der Waals surface area contributed by atoms with Crippen LogP contribution in [0.3, 0.4) is 0 Å². The highest BCUT2D eigenvalue weighted by Gasteiger charge is 2.17. The molecule has 1 aromatic rings. The van der Waals surface area contributed by atoms with Gasteiger partial charge in [0, 0.05) is 6.92 Å². The van der Waals surface area contributed by atoms with Gasteiger partial charge in [0.15, 0.2) is 11.5 Å². The van der Waals surface area contributed by atoms with E-state index in [-0.39, 0.29) is 5.91 Å². The molecular weight excluding hydrogens is 206 g/mol. The molecule has 0 unspecified atom stereocenters. The molecule has 1 aliphatic rings. The molecule has 4 nitrogen and oxygen atoms in total. The normalized spacial score (nSPS) is 13.4. The van der Waals surface area contributed by atoms with Crippen molar-refractivity contribution in [2.45, 2.75) is 20.3 Å². The molecule has 0 aliphatic carbocycles. The van der Waals surface area contributed by atoms with E-state index in [0.717, 1.165) is 12.0 Å². The van der Waals surface area contributed by atoms with Crippen LogP contribution in [0.4, 0.5) is 5.69 Å². The maximum atomic E-state index is 11.1. The number of anilines is 1. The lowest BCUT2D eigenvalue weighted by atomic mass is 10.1. The lowest BCUT2D eigenvalue weighted by molar-refractivity contribution is -0.114. The maximum Gasteiger partial charge on any atom is 0.221 e. The molecular formula is C12H15NO3. The highest BCUT2D eigenvalue weighted by Crippen LogP contribution is 2.38. The molecule has 0 spiro atoms. The first-order valence-electron chi connectivity index (χ1n) is 5.41. The lowest BCUT2D eigenvalue weighted by Crippen LogP contribution is -2.18. The molecule has 2 rings (SSSR count). The molecule has 4 heteroatoms. The van der Waals surface area contributed by atoms with E-state index in [9.17, 15) is 4.79 Å². The summed E-state index contributed by atoms with van der Waals surface area (Å²) in [6.07, 6.45) is 0.892. The minimum Gasteiger partial charge on any atom is -0.486 e. The van der Waals surface area contributed by atoms with Crippen LogP contribution in [-0.2, 0) is 11.2 Å². The molecule has 0 saturated heterocycles. The van der Waals surface area contributed by atoms with Crippen LogP contribution in [-0.4, -0.2) is 19.1 Å². The third-order valence-electron chi connectivity index (χ3n) is 2.42. The number of fused-ring (bicyclic) bond motifs is 1. The van der Waals surface area contributed by atoms with Gasteiger partial charge in [0.25, 0.3) is 0 Å². The molecule has 0 saturated carbocycles. The van der Waals surface area contributed by atoms with Gasteiger partial charge in [-0.25, -0.2) is 0 Å². The Hall–Kier alpha value is -1.71. The Balaban J connectivity index is 2.43. The van der Waals surface area contributed by atoms with Crippen LogP contribution < -0.4 is 14.8 Å². The van der Waals surface area contributed by atoms with E-state index >= 15 is 0 Å². The summed E-state index contributed by atoms with van der Waals surface area (Å²) in [6, 6.07) is 3.88. The second kappa shape index (κ2) is 4.43. The number of nitrogens with one attached hydrogen (secondary N) is 1. The first-order valence-corrected chi connectivity index (χ1v) is 5.41. The van der Waals surface area contributed by atoms with Crippen molar-refractivity contribution in [1.29, 1.82) is 0 Å². The van der Waals surface area contributed by atoms with Gasteiger partial charge in [-0.15, -0.1) is 0 Å². The van der Waals surface area contributed by atoms with Gasteiger partial charge in [-0.1, -0.05) is 6.92 Å². The lowest BCUT2D eigenvalue weighted by Gasteiger charge is -2.22. The second-order valence-corrected chi connectivity index (χ2v) is 3.70. The van der Waals surface area contributed by atoms with E-state index in [1.807, 2.05) is 12.1 Å². The molecule has 1 aromatic carbocycles. The van der Waals surface area contributed by atoms with Crippen LogP contribution in [0.5, 0.6) is 11.5 Å². The molecule has 0 radical (unpaired) electrons. The predicted octanol–water partition coefficient (Wildman–Crippen LogP) is 1.98. The number of benzene rings is 1. The fourth-order valence-electron chi connectivity index (χ4n) is 1.70. The van der Waals surface area contributed by atoms with Gasteiger partial charge in [0.2, 0.25) is 5.91 Å². The van der Waals surface area contributed by atoms with Gasteiger partial charge in [-0.2, -0.15) is 0 Å². The summed E-state index contributed by atoms with van der Waals surface area (Å²) < 4.78 is 11.0. The SMILES string of the molecule is CCc1cc(NC(C)=O)c2c(c1)OCCO2. The zero-order valence-corrected chi connectivity index (χ0v) is 9.50. The number of amides is 1. The average molecular weight is 221 g/mol. The van der Waals surface area contributed by atoms with Gasteiger partial charge in [0.05, 0.1) is 5.69 Å². The van der Waals surface area contributed by atoms with Crippen molar-refractivity contribution < 1.29 is 14.3 Å². The van der Waals surface area contributed by atoms with E-state index in [1.165, 1.54) is 6.92 Å². The highest BCUT2D eigenvalue weighted by atomic mass is 16.6. The zero-order valence-electron chi connectivity index (χ0n) is 9.50. The van der Waals surface area contributed by atoms with Gasteiger partial charge >= 0.3 is 0 Å². The van der Waals surface area contributed by atoms with Crippen molar-refractivity contribution in [3.63, 3.8) is 0 Å². The Morgan fingerprint density at radius 1 is 1.38 bits per heavy atom. The quantitative estimate of drug-likeness (QED) is 0.830. The Bertz CT molecular complexity index is 415. The Morgan fingerprint density at radius 2 is 2.12 bits per heavy atom. The number of rotatable bonds is 2. The van der Waals surface area contributed by atoms with Crippen LogP contribution in [0.15, 0.2) is 12.1 Å². The number of carbonyl (C=O) groups is 1. The zero-order chi connectivity index (χ0) is 11.5. The number of aryl methyl sites for hydroxylation is 1. The fraction of sp³-hybridized carbons (Fsp3) is 0.417. The molecule has 16 heavy (non-hydrogen) atoms. The van der Waals surface area contributed by atoms with Crippen LogP contribution in [0.2, 0.25) is 0 Å². The van der Waals surface area contributed by atoms with E-state index in [2.05, 4.69) is 12.2 Å². The Kier molecular flexibility index (Phi) is 2.99. The Morgan fingerprint density at radius 3 is 2.81 bits per heavy atom. The van der Waals surface area contributed by atoms with Crippen LogP contribution >= 0.6 is 0 Å². The standard InChI is InChI=1S/C12H15NO3/c1-3-9-6-10(13-8(2)14)12-11(7-9)15-4-5-16-12/h6-7H,3-5H2,1-2H3,(H,13,14). The van der Waals surface area contributed by atoms with Crippen molar-refractivity contribution in [3.8, 4) is 11.5 Å². The first kappa shape index (κ1) is 10.8. The summed E-state index contributed by atoms with van der Waals surface area (Å²) in [5, 5.41) is 2.76. The van der Waals surface area contributed by atoms with E-state index in [4.69, 9.17) is 9.47 Å². The molecule has 1 heterocycles. The van der Waals surface area contributed by atoms with E-state index < -0.39 is 0 Å².